The second kappa shape index (κ2) is 9.67. The van der Waals surface area contributed by atoms with E-state index in [0.29, 0.717) is 18.3 Å². The van der Waals surface area contributed by atoms with Crippen molar-refractivity contribution >= 4 is 5.91 Å². The summed E-state index contributed by atoms with van der Waals surface area (Å²) < 4.78 is 21.7. The number of halogens is 1. The largest absolute Gasteiger partial charge is 0.449 e. The molecule has 4 aromatic rings. The van der Waals surface area contributed by atoms with Gasteiger partial charge >= 0.3 is 0 Å². The van der Waals surface area contributed by atoms with Crippen molar-refractivity contribution in [3.63, 3.8) is 0 Å². The maximum Gasteiger partial charge on any atom is 0.287 e. The Morgan fingerprint density at radius 3 is 2.44 bits per heavy atom. The number of benzene rings is 2. The van der Waals surface area contributed by atoms with Crippen LogP contribution in [0, 0.1) is 5.82 Å². The Hall–Kier alpha value is -3.67. The molecule has 0 spiro atoms. The van der Waals surface area contributed by atoms with Gasteiger partial charge in [0.2, 0.25) is 0 Å². The number of nitrogens with one attached hydrogen (secondary N) is 1. The van der Waals surface area contributed by atoms with E-state index in [2.05, 4.69) is 33.9 Å². The van der Waals surface area contributed by atoms with Gasteiger partial charge < -0.3 is 14.3 Å². The third-order valence-electron chi connectivity index (χ3n) is 6.58. The standard InChI is InChI=1S/C28H28FN3O2/c1-2-19-7-9-20(10-8-19)17-30-28(33)25-16-15-24(34-25)27-26(21-11-13-22(29)14-12-21)31-18-32(27)23-5-3-4-6-23/h7-16,18,23H,2-6,17H2,1H3,(H,30,33). The van der Waals surface area contributed by atoms with E-state index in [1.54, 1.807) is 18.2 Å². The molecule has 1 aliphatic rings. The van der Waals surface area contributed by atoms with Crippen molar-refractivity contribution in [2.24, 2.45) is 0 Å². The van der Waals surface area contributed by atoms with Gasteiger partial charge in [0.05, 0.1) is 12.0 Å². The molecule has 34 heavy (non-hydrogen) atoms. The molecule has 2 heterocycles. The Balaban J connectivity index is 1.41. The van der Waals surface area contributed by atoms with Gasteiger partial charge in [-0.15, -0.1) is 0 Å². The summed E-state index contributed by atoms with van der Waals surface area (Å²) in [6.07, 6.45) is 7.35. The van der Waals surface area contributed by atoms with Crippen LogP contribution in [0.4, 0.5) is 4.39 Å². The number of furan rings is 1. The van der Waals surface area contributed by atoms with E-state index in [0.717, 1.165) is 41.8 Å². The molecule has 1 fully saturated rings. The average molecular weight is 458 g/mol. The molecule has 0 saturated heterocycles. The number of hydrogen-bond donors (Lipinski definition) is 1. The van der Waals surface area contributed by atoms with Gasteiger partial charge in [-0.3, -0.25) is 4.79 Å². The molecule has 2 aromatic carbocycles. The number of carbonyl (C=O) groups excluding carboxylic acids is 1. The van der Waals surface area contributed by atoms with Crippen LogP contribution in [0.1, 0.15) is 60.3 Å². The van der Waals surface area contributed by atoms with Gasteiger partial charge in [-0.2, -0.15) is 0 Å². The lowest BCUT2D eigenvalue weighted by Crippen LogP contribution is -2.22. The molecular formula is C28H28FN3O2. The first-order valence-corrected chi connectivity index (χ1v) is 11.9. The summed E-state index contributed by atoms with van der Waals surface area (Å²) in [7, 11) is 0. The van der Waals surface area contributed by atoms with Crippen molar-refractivity contribution < 1.29 is 13.6 Å². The van der Waals surface area contributed by atoms with Crippen molar-refractivity contribution in [3.05, 3.63) is 89.7 Å². The Bertz CT molecular complexity index is 1270. The predicted octanol–water partition coefficient (Wildman–Crippen LogP) is 6.56. The van der Waals surface area contributed by atoms with Crippen LogP contribution < -0.4 is 5.32 Å². The molecule has 2 aromatic heterocycles. The zero-order chi connectivity index (χ0) is 23.5. The van der Waals surface area contributed by atoms with Crippen molar-refractivity contribution in [3.8, 4) is 22.7 Å². The second-order valence-electron chi connectivity index (χ2n) is 8.81. The molecular weight excluding hydrogens is 429 g/mol. The highest BCUT2D eigenvalue weighted by atomic mass is 19.1. The second-order valence-corrected chi connectivity index (χ2v) is 8.81. The zero-order valence-electron chi connectivity index (χ0n) is 19.3. The predicted molar refractivity (Wildman–Crippen MR) is 130 cm³/mol. The first-order valence-electron chi connectivity index (χ1n) is 11.9. The molecule has 1 aliphatic carbocycles. The van der Waals surface area contributed by atoms with E-state index in [1.165, 1.54) is 30.5 Å². The fourth-order valence-electron chi connectivity index (χ4n) is 4.63. The van der Waals surface area contributed by atoms with Gasteiger partial charge in [0.1, 0.15) is 11.5 Å². The number of aromatic nitrogens is 2. The number of carbonyl (C=O) groups is 1. The Kier molecular flexibility index (Phi) is 6.30. The summed E-state index contributed by atoms with van der Waals surface area (Å²) in [6, 6.07) is 18.4. The number of amides is 1. The lowest BCUT2D eigenvalue weighted by atomic mass is 10.1. The molecule has 5 rings (SSSR count). The summed E-state index contributed by atoms with van der Waals surface area (Å²) in [5.74, 6) is 0.286. The summed E-state index contributed by atoms with van der Waals surface area (Å²) >= 11 is 0. The summed E-state index contributed by atoms with van der Waals surface area (Å²) in [5, 5.41) is 2.94. The van der Waals surface area contributed by atoms with Crippen LogP contribution in [0.3, 0.4) is 0 Å². The minimum Gasteiger partial charge on any atom is -0.449 e. The van der Waals surface area contributed by atoms with Crippen molar-refractivity contribution in [2.45, 2.75) is 51.6 Å². The number of nitrogens with zero attached hydrogens (tertiary/aromatic N) is 2. The maximum atomic E-state index is 13.5. The molecule has 0 bridgehead atoms. The minimum atomic E-state index is -0.290. The van der Waals surface area contributed by atoms with Crippen molar-refractivity contribution in [1.82, 2.24) is 14.9 Å². The lowest BCUT2D eigenvalue weighted by molar-refractivity contribution is 0.0924. The summed E-state index contributed by atoms with van der Waals surface area (Å²) in [5.41, 5.74) is 4.67. The third kappa shape index (κ3) is 4.53. The van der Waals surface area contributed by atoms with Crippen LogP contribution in [0.15, 0.2) is 71.4 Å². The molecule has 174 valence electrons. The Morgan fingerprint density at radius 1 is 1.03 bits per heavy atom. The van der Waals surface area contributed by atoms with Crippen molar-refractivity contribution in [2.75, 3.05) is 0 Å². The van der Waals surface area contributed by atoms with Crippen LogP contribution in [0.2, 0.25) is 0 Å². The number of hydrogen-bond acceptors (Lipinski definition) is 3. The molecule has 0 unspecified atom stereocenters. The molecule has 0 atom stereocenters. The molecule has 6 heteroatoms. The van der Waals surface area contributed by atoms with E-state index in [-0.39, 0.29) is 17.5 Å². The van der Waals surface area contributed by atoms with E-state index in [9.17, 15) is 9.18 Å². The van der Waals surface area contributed by atoms with Gasteiger partial charge in [0.25, 0.3) is 5.91 Å². The highest BCUT2D eigenvalue weighted by Gasteiger charge is 2.26. The highest BCUT2D eigenvalue weighted by molar-refractivity contribution is 5.92. The first-order chi connectivity index (χ1) is 16.6. The molecule has 5 nitrogen and oxygen atoms in total. The van der Waals surface area contributed by atoms with Crippen LogP contribution in [0.5, 0.6) is 0 Å². The SMILES string of the molecule is CCc1ccc(CNC(=O)c2ccc(-c3c(-c4ccc(F)cc4)ncn3C3CCCC3)o2)cc1. The van der Waals surface area contributed by atoms with Crippen LogP contribution >= 0.6 is 0 Å². The van der Waals surface area contributed by atoms with Gasteiger partial charge in [0.15, 0.2) is 11.5 Å². The smallest absolute Gasteiger partial charge is 0.287 e. The van der Waals surface area contributed by atoms with Gasteiger partial charge in [-0.05, 0) is 66.8 Å². The number of imidazole rings is 1. The zero-order valence-corrected chi connectivity index (χ0v) is 19.3. The van der Waals surface area contributed by atoms with Crippen LogP contribution in [-0.2, 0) is 13.0 Å². The van der Waals surface area contributed by atoms with E-state index in [4.69, 9.17) is 4.42 Å². The number of rotatable bonds is 7. The van der Waals surface area contributed by atoms with Gasteiger partial charge in [-0.1, -0.05) is 44.0 Å². The van der Waals surface area contributed by atoms with Crippen molar-refractivity contribution in [1.29, 1.82) is 0 Å². The third-order valence-corrected chi connectivity index (χ3v) is 6.58. The van der Waals surface area contributed by atoms with E-state index in [1.807, 2.05) is 24.5 Å². The molecule has 0 radical (unpaired) electrons. The van der Waals surface area contributed by atoms with E-state index >= 15 is 0 Å². The fourth-order valence-corrected chi connectivity index (χ4v) is 4.63. The molecule has 1 N–H and O–H groups in total. The monoisotopic (exact) mass is 457 g/mol. The Morgan fingerprint density at radius 2 is 1.74 bits per heavy atom. The molecule has 0 aliphatic heterocycles. The molecule has 1 amide bonds. The normalized spacial score (nSPS) is 13.9. The fraction of sp³-hybridized carbons (Fsp3) is 0.286. The quantitative estimate of drug-likeness (QED) is 0.342. The minimum absolute atomic E-state index is 0.254. The lowest BCUT2D eigenvalue weighted by Gasteiger charge is -2.15. The highest BCUT2D eigenvalue weighted by Crippen LogP contribution is 2.39. The topological polar surface area (TPSA) is 60.1 Å². The summed E-state index contributed by atoms with van der Waals surface area (Å²) in [4.78, 5) is 17.4. The Labute approximate surface area is 198 Å². The summed E-state index contributed by atoms with van der Waals surface area (Å²) in [6.45, 7) is 2.55. The first kappa shape index (κ1) is 22.1. The number of aryl methyl sites for hydroxylation is 1. The molecule has 1 saturated carbocycles. The van der Waals surface area contributed by atoms with Crippen LogP contribution in [-0.4, -0.2) is 15.5 Å². The van der Waals surface area contributed by atoms with Crippen LogP contribution in [0.25, 0.3) is 22.7 Å². The van der Waals surface area contributed by atoms with Gasteiger partial charge in [0, 0.05) is 18.2 Å². The van der Waals surface area contributed by atoms with E-state index < -0.39 is 0 Å². The average Bonchev–Trinajstić information content (AvgIpc) is 3.63. The van der Waals surface area contributed by atoms with Gasteiger partial charge in [-0.25, -0.2) is 9.37 Å². The maximum absolute atomic E-state index is 13.5.